The van der Waals surface area contributed by atoms with E-state index in [0.29, 0.717) is 0 Å². The van der Waals surface area contributed by atoms with Crippen LogP contribution in [0.15, 0.2) is 101 Å². The Kier molecular flexibility index (Phi) is 4.95. The fourth-order valence-electron chi connectivity index (χ4n) is 2.56. The summed E-state index contributed by atoms with van der Waals surface area (Å²) in [7, 11) is 0. The van der Waals surface area contributed by atoms with Gasteiger partial charge in [0.2, 0.25) is 0 Å². The van der Waals surface area contributed by atoms with Gasteiger partial charge in [-0.05, 0) is 23.6 Å². The van der Waals surface area contributed by atoms with Crippen molar-refractivity contribution in [2.75, 3.05) is 0 Å². The van der Waals surface area contributed by atoms with Crippen molar-refractivity contribution < 1.29 is 0 Å². The first-order valence-electron chi connectivity index (χ1n) is 7.89. The highest BCUT2D eigenvalue weighted by atomic mass is 15.1. The summed E-state index contributed by atoms with van der Waals surface area (Å²) in [5, 5.41) is 9.24. The lowest BCUT2D eigenvalue weighted by Gasteiger charge is -2.13. The van der Waals surface area contributed by atoms with Gasteiger partial charge in [-0.3, -0.25) is 0 Å². The van der Waals surface area contributed by atoms with Gasteiger partial charge in [0, 0.05) is 0 Å². The Labute approximate surface area is 137 Å². The molecule has 3 rings (SSSR count). The van der Waals surface area contributed by atoms with Gasteiger partial charge in [0.1, 0.15) is 6.04 Å². The second-order valence-electron chi connectivity index (χ2n) is 5.54. The molecule has 23 heavy (non-hydrogen) atoms. The molecule has 3 aromatic carbocycles. The van der Waals surface area contributed by atoms with Crippen molar-refractivity contribution in [2.45, 2.75) is 19.0 Å². The van der Waals surface area contributed by atoms with E-state index >= 15 is 0 Å². The topological polar surface area (TPSA) is 24.7 Å². The summed E-state index contributed by atoms with van der Waals surface area (Å²) in [6.45, 7) is 2.08. The van der Waals surface area contributed by atoms with E-state index in [9.17, 15) is 0 Å². The average Bonchev–Trinajstić information content (AvgIpc) is 2.64. The van der Waals surface area contributed by atoms with Crippen molar-refractivity contribution in [1.82, 2.24) is 0 Å². The first-order valence-corrected chi connectivity index (χ1v) is 7.89. The van der Waals surface area contributed by atoms with Gasteiger partial charge in [0.25, 0.3) is 0 Å². The van der Waals surface area contributed by atoms with Crippen LogP contribution in [-0.2, 0) is 0 Å². The SMILES string of the molecule is CC(/N=N/C(c1ccccc1)c1ccccc1)c1ccccc1. The van der Waals surface area contributed by atoms with Crippen molar-refractivity contribution in [1.29, 1.82) is 0 Å². The van der Waals surface area contributed by atoms with Crippen LogP contribution in [0.1, 0.15) is 35.7 Å². The number of azo groups is 1. The lowest BCUT2D eigenvalue weighted by molar-refractivity contribution is 0.681. The molecule has 2 heteroatoms. The fourth-order valence-corrected chi connectivity index (χ4v) is 2.56. The summed E-state index contributed by atoms with van der Waals surface area (Å²) in [4.78, 5) is 0. The number of rotatable bonds is 5. The number of nitrogens with zero attached hydrogens (tertiary/aromatic N) is 2. The van der Waals surface area contributed by atoms with Crippen molar-refractivity contribution in [3.8, 4) is 0 Å². The number of benzene rings is 3. The van der Waals surface area contributed by atoms with Gasteiger partial charge in [-0.25, -0.2) is 0 Å². The Morgan fingerprint density at radius 3 is 1.35 bits per heavy atom. The smallest absolute Gasteiger partial charge is 0.121 e. The van der Waals surface area contributed by atoms with E-state index in [-0.39, 0.29) is 12.1 Å². The summed E-state index contributed by atoms with van der Waals surface area (Å²) in [5.41, 5.74) is 3.49. The molecule has 0 bridgehead atoms. The van der Waals surface area contributed by atoms with Crippen molar-refractivity contribution in [3.63, 3.8) is 0 Å². The third-order valence-corrected chi connectivity index (χ3v) is 3.87. The molecule has 0 spiro atoms. The normalized spacial score (nSPS) is 12.6. The highest BCUT2D eigenvalue weighted by Crippen LogP contribution is 2.28. The molecule has 1 atom stereocenters. The molecule has 0 saturated carbocycles. The monoisotopic (exact) mass is 300 g/mol. The molecule has 0 amide bonds. The van der Waals surface area contributed by atoms with Gasteiger partial charge in [0.05, 0.1) is 6.04 Å². The molecule has 0 saturated heterocycles. The molecule has 0 heterocycles. The Bertz CT molecular complexity index is 697. The predicted octanol–water partition coefficient (Wildman–Crippen LogP) is 5.99. The number of hydrogen-bond donors (Lipinski definition) is 0. The van der Waals surface area contributed by atoms with Crippen LogP contribution in [0.4, 0.5) is 0 Å². The van der Waals surface area contributed by atoms with Gasteiger partial charge in [-0.2, -0.15) is 10.2 Å². The van der Waals surface area contributed by atoms with E-state index in [1.165, 1.54) is 5.56 Å². The average molecular weight is 300 g/mol. The fraction of sp³-hybridized carbons (Fsp3) is 0.143. The predicted molar refractivity (Wildman–Crippen MR) is 94.4 cm³/mol. The summed E-state index contributed by atoms with van der Waals surface area (Å²) in [6, 6.07) is 30.9. The summed E-state index contributed by atoms with van der Waals surface area (Å²) < 4.78 is 0. The molecule has 1 unspecified atom stereocenters. The second kappa shape index (κ2) is 7.50. The van der Waals surface area contributed by atoms with Crippen LogP contribution in [0, 0.1) is 0 Å². The minimum absolute atomic E-state index is 0.0473. The largest absolute Gasteiger partial charge is 0.185 e. The third kappa shape index (κ3) is 3.92. The van der Waals surface area contributed by atoms with Crippen molar-refractivity contribution >= 4 is 0 Å². The molecule has 0 aliphatic rings. The lowest BCUT2D eigenvalue weighted by Crippen LogP contribution is -1.98. The Morgan fingerprint density at radius 1 is 0.522 bits per heavy atom. The van der Waals surface area contributed by atoms with E-state index in [0.717, 1.165) is 11.1 Å². The maximum Gasteiger partial charge on any atom is 0.121 e. The molecule has 114 valence electrons. The van der Waals surface area contributed by atoms with Crippen molar-refractivity contribution in [2.24, 2.45) is 10.2 Å². The van der Waals surface area contributed by atoms with Gasteiger partial charge >= 0.3 is 0 Å². The maximum absolute atomic E-state index is 4.67. The van der Waals surface area contributed by atoms with Gasteiger partial charge in [-0.1, -0.05) is 91.0 Å². The molecule has 0 radical (unpaired) electrons. The zero-order valence-corrected chi connectivity index (χ0v) is 13.2. The summed E-state index contributed by atoms with van der Waals surface area (Å²) in [6.07, 6.45) is 0. The van der Waals surface area contributed by atoms with Crippen LogP contribution in [0.5, 0.6) is 0 Å². The Hall–Kier alpha value is -2.74. The molecule has 0 aliphatic heterocycles. The minimum Gasteiger partial charge on any atom is -0.185 e. The van der Waals surface area contributed by atoms with E-state index in [1.807, 2.05) is 54.6 Å². The van der Waals surface area contributed by atoms with Gasteiger partial charge in [-0.15, -0.1) is 0 Å². The van der Waals surface area contributed by atoms with Gasteiger partial charge in [0.15, 0.2) is 0 Å². The number of hydrogen-bond acceptors (Lipinski definition) is 2. The van der Waals surface area contributed by atoms with Crippen LogP contribution >= 0.6 is 0 Å². The van der Waals surface area contributed by atoms with Gasteiger partial charge < -0.3 is 0 Å². The van der Waals surface area contributed by atoms with Crippen LogP contribution in [0.25, 0.3) is 0 Å². The molecular weight excluding hydrogens is 280 g/mol. The van der Waals surface area contributed by atoms with Crippen LogP contribution in [0.2, 0.25) is 0 Å². The molecular formula is C21H20N2. The van der Waals surface area contributed by atoms with E-state index in [2.05, 4.69) is 53.6 Å². The first-order chi connectivity index (χ1) is 11.3. The molecule has 0 fully saturated rings. The third-order valence-electron chi connectivity index (χ3n) is 3.87. The molecule has 2 nitrogen and oxygen atoms in total. The van der Waals surface area contributed by atoms with E-state index in [4.69, 9.17) is 0 Å². The summed E-state index contributed by atoms with van der Waals surface area (Å²) >= 11 is 0. The summed E-state index contributed by atoms with van der Waals surface area (Å²) in [5.74, 6) is 0. The molecule has 3 aromatic rings. The lowest BCUT2D eigenvalue weighted by atomic mass is 10.00. The standard InChI is InChI=1S/C21H20N2/c1-17(18-11-5-2-6-12-18)22-23-21(19-13-7-3-8-14-19)20-15-9-4-10-16-20/h2-17,21H,1H3/b23-22+. The minimum atomic E-state index is -0.0661. The Balaban J connectivity index is 1.89. The van der Waals surface area contributed by atoms with Crippen LogP contribution in [0.3, 0.4) is 0 Å². The highest BCUT2D eigenvalue weighted by Gasteiger charge is 2.13. The second-order valence-corrected chi connectivity index (χ2v) is 5.54. The van der Waals surface area contributed by atoms with E-state index in [1.54, 1.807) is 0 Å². The zero-order chi connectivity index (χ0) is 15.9. The zero-order valence-electron chi connectivity index (χ0n) is 13.2. The van der Waals surface area contributed by atoms with Crippen LogP contribution in [-0.4, -0.2) is 0 Å². The molecule has 0 N–H and O–H groups in total. The quantitative estimate of drug-likeness (QED) is 0.517. The van der Waals surface area contributed by atoms with E-state index < -0.39 is 0 Å². The molecule has 0 aromatic heterocycles. The first kappa shape index (κ1) is 15.2. The Morgan fingerprint density at radius 2 is 0.913 bits per heavy atom. The maximum atomic E-state index is 4.67. The van der Waals surface area contributed by atoms with Crippen LogP contribution < -0.4 is 0 Å². The molecule has 0 aliphatic carbocycles. The van der Waals surface area contributed by atoms with Crippen molar-refractivity contribution in [3.05, 3.63) is 108 Å². The highest BCUT2D eigenvalue weighted by molar-refractivity contribution is 5.31.